The van der Waals surface area contributed by atoms with E-state index in [2.05, 4.69) is 15.6 Å². The maximum Gasteiger partial charge on any atom is 0.247 e. The second-order valence-electron chi connectivity index (χ2n) is 9.72. The Morgan fingerprint density at radius 3 is 2.47 bits per heavy atom. The molecule has 0 spiro atoms. The Hall–Kier alpha value is -4.27. The van der Waals surface area contributed by atoms with Gasteiger partial charge in [-0.15, -0.1) is 5.10 Å². The lowest BCUT2D eigenvalue weighted by Crippen LogP contribution is -2.50. The molecular weight excluding hydrogens is 485 g/mol. The summed E-state index contributed by atoms with van der Waals surface area (Å²) in [5, 5.41) is 11.3. The molecule has 0 saturated heterocycles. The van der Waals surface area contributed by atoms with Crippen molar-refractivity contribution in [2.24, 2.45) is 0 Å². The molecule has 8 nitrogen and oxygen atoms in total. The van der Waals surface area contributed by atoms with E-state index in [0.29, 0.717) is 28.8 Å². The van der Waals surface area contributed by atoms with Crippen molar-refractivity contribution in [3.05, 3.63) is 89.7 Å². The summed E-state index contributed by atoms with van der Waals surface area (Å²) in [7, 11) is 1.54. The molecule has 0 aliphatic heterocycles. The molecule has 38 heavy (non-hydrogen) atoms. The van der Waals surface area contributed by atoms with Gasteiger partial charge in [-0.05, 0) is 44.5 Å². The van der Waals surface area contributed by atoms with Crippen LogP contribution in [0.15, 0.2) is 72.8 Å². The zero-order chi connectivity index (χ0) is 27.3. The van der Waals surface area contributed by atoms with Crippen molar-refractivity contribution < 1.29 is 18.7 Å². The molecule has 1 heterocycles. The molecule has 0 fully saturated rings. The minimum absolute atomic E-state index is 0.00838. The number of para-hydroxylation sites is 2. The summed E-state index contributed by atoms with van der Waals surface area (Å²) >= 11 is 0. The van der Waals surface area contributed by atoms with Crippen LogP contribution >= 0.6 is 0 Å². The van der Waals surface area contributed by atoms with Crippen LogP contribution in [0.3, 0.4) is 0 Å². The molecule has 0 saturated carbocycles. The van der Waals surface area contributed by atoms with Crippen LogP contribution in [-0.2, 0) is 22.7 Å². The van der Waals surface area contributed by atoms with Gasteiger partial charge in [-0.2, -0.15) is 0 Å². The molecule has 4 aromatic rings. The maximum atomic E-state index is 15.2. The van der Waals surface area contributed by atoms with Crippen molar-refractivity contribution in [3.63, 3.8) is 0 Å². The SMILES string of the molecule is CCC(C)(C)NC(=O)[C@H](c1ccccc1F)N(Cc1ccccc1OC)C(=O)Cn1nnc2ccccc21. The highest BCUT2D eigenvalue weighted by Gasteiger charge is 2.36. The highest BCUT2D eigenvalue weighted by molar-refractivity contribution is 5.89. The number of aromatic nitrogens is 3. The number of methoxy groups -OCH3 is 1. The van der Waals surface area contributed by atoms with E-state index in [4.69, 9.17) is 4.74 Å². The van der Waals surface area contributed by atoms with Crippen LogP contribution in [-0.4, -0.2) is 44.4 Å². The summed E-state index contributed by atoms with van der Waals surface area (Å²) < 4.78 is 22.2. The van der Waals surface area contributed by atoms with Gasteiger partial charge < -0.3 is 15.0 Å². The van der Waals surface area contributed by atoms with Crippen LogP contribution in [0.1, 0.15) is 44.4 Å². The van der Waals surface area contributed by atoms with Crippen molar-refractivity contribution in [1.29, 1.82) is 0 Å². The first-order chi connectivity index (χ1) is 18.2. The van der Waals surface area contributed by atoms with E-state index in [1.807, 2.05) is 57.2 Å². The Balaban J connectivity index is 1.81. The Bertz CT molecular complexity index is 1430. The fourth-order valence-corrected chi connectivity index (χ4v) is 4.23. The standard InChI is InChI=1S/C29H32FN5O3/c1-5-29(2,3)31-28(37)27(21-13-7-8-14-22(21)30)34(18-20-12-6-11-17-25(20)38-4)26(36)19-35-24-16-10-9-15-23(24)32-33-35/h6-17,27H,5,18-19H2,1-4H3,(H,31,37)/t27-/m0/s1. The number of rotatable bonds is 10. The molecule has 0 bridgehead atoms. The summed E-state index contributed by atoms with van der Waals surface area (Å²) in [6.45, 7) is 5.54. The van der Waals surface area contributed by atoms with Crippen LogP contribution in [0.2, 0.25) is 0 Å². The lowest BCUT2D eigenvalue weighted by Gasteiger charge is -2.35. The molecule has 4 rings (SSSR count). The van der Waals surface area contributed by atoms with E-state index in [-0.39, 0.29) is 18.7 Å². The van der Waals surface area contributed by atoms with E-state index in [1.54, 1.807) is 24.3 Å². The summed E-state index contributed by atoms with van der Waals surface area (Å²) in [6.07, 6.45) is 0.647. The third-order valence-electron chi connectivity index (χ3n) is 6.66. The van der Waals surface area contributed by atoms with Gasteiger partial charge in [0.1, 0.15) is 29.7 Å². The van der Waals surface area contributed by atoms with E-state index in [1.165, 1.54) is 28.8 Å². The van der Waals surface area contributed by atoms with Crippen molar-refractivity contribution in [2.75, 3.05) is 7.11 Å². The minimum Gasteiger partial charge on any atom is -0.496 e. The summed E-state index contributed by atoms with van der Waals surface area (Å²) in [5.41, 5.74) is 1.53. The lowest BCUT2D eigenvalue weighted by atomic mass is 9.98. The zero-order valence-corrected chi connectivity index (χ0v) is 22.0. The van der Waals surface area contributed by atoms with Gasteiger partial charge in [0.25, 0.3) is 0 Å². The highest BCUT2D eigenvalue weighted by atomic mass is 19.1. The number of benzene rings is 3. The molecule has 2 amide bonds. The van der Waals surface area contributed by atoms with Crippen molar-refractivity contribution in [3.8, 4) is 5.75 Å². The van der Waals surface area contributed by atoms with Crippen LogP contribution in [0, 0.1) is 5.82 Å². The van der Waals surface area contributed by atoms with Gasteiger partial charge in [0.05, 0.1) is 19.2 Å². The second kappa shape index (κ2) is 11.4. The largest absolute Gasteiger partial charge is 0.496 e. The first-order valence-electron chi connectivity index (χ1n) is 12.5. The minimum atomic E-state index is -1.24. The van der Waals surface area contributed by atoms with Crippen molar-refractivity contribution >= 4 is 22.8 Å². The van der Waals surface area contributed by atoms with Crippen molar-refractivity contribution in [2.45, 2.75) is 51.9 Å². The lowest BCUT2D eigenvalue weighted by molar-refractivity contribution is -0.143. The smallest absolute Gasteiger partial charge is 0.247 e. The number of amides is 2. The van der Waals surface area contributed by atoms with E-state index >= 15 is 4.39 Å². The third kappa shape index (κ3) is 5.82. The van der Waals surface area contributed by atoms with Gasteiger partial charge in [-0.25, -0.2) is 9.07 Å². The monoisotopic (exact) mass is 517 g/mol. The van der Waals surface area contributed by atoms with E-state index in [0.717, 1.165) is 0 Å². The van der Waals surface area contributed by atoms with Gasteiger partial charge in [0, 0.05) is 16.7 Å². The maximum absolute atomic E-state index is 15.2. The Labute approximate surface area is 221 Å². The first kappa shape index (κ1) is 26.8. The van der Waals surface area contributed by atoms with Crippen LogP contribution in [0.5, 0.6) is 5.75 Å². The molecule has 9 heteroatoms. The van der Waals surface area contributed by atoms with Gasteiger partial charge in [-0.3, -0.25) is 9.59 Å². The molecule has 1 N–H and O–H groups in total. The second-order valence-corrected chi connectivity index (χ2v) is 9.72. The molecule has 198 valence electrons. The zero-order valence-electron chi connectivity index (χ0n) is 22.0. The van der Waals surface area contributed by atoms with E-state index in [9.17, 15) is 9.59 Å². The summed E-state index contributed by atoms with van der Waals surface area (Å²) in [5.74, 6) is -0.929. The number of ether oxygens (including phenoxy) is 1. The molecule has 0 radical (unpaired) electrons. The molecule has 0 unspecified atom stereocenters. The number of hydrogen-bond acceptors (Lipinski definition) is 5. The molecule has 3 aromatic carbocycles. The Morgan fingerprint density at radius 1 is 1.05 bits per heavy atom. The molecular formula is C29H32FN5O3. The Morgan fingerprint density at radius 2 is 1.74 bits per heavy atom. The third-order valence-corrected chi connectivity index (χ3v) is 6.66. The fourth-order valence-electron chi connectivity index (χ4n) is 4.23. The van der Waals surface area contributed by atoms with Crippen LogP contribution in [0.4, 0.5) is 4.39 Å². The predicted molar refractivity (Wildman–Crippen MR) is 143 cm³/mol. The van der Waals surface area contributed by atoms with Gasteiger partial charge in [0.2, 0.25) is 11.8 Å². The van der Waals surface area contributed by atoms with Gasteiger partial charge in [0.15, 0.2) is 0 Å². The molecule has 1 aromatic heterocycles. The number of halogens is 1. The number of nitrogens with one attached hydrogen (secondary N) is 1. The number of nitrogens with zero attached hydrogens (tertiary/aromatic N) is 4. The number of fused-ring (bicyclic) bond motifs is 1. The van der Waals surface area contributed by atoms with Gasteiger partial charge >= 0.3 is 0 Å². The fraction of sp³-hybridized carbons (Fsp3) is 0.310. The van der Waals surface area contributed by atoms with Gasteiger partial charge in [-0.1, -0.05) is 60.7 Å². The number of hydrogen-bond donors (Lipinski definition) is 1. The summed E-state index contributed by atoms with van der Waals surface area (Å²) in [6, 6.07) is 19.3. The predicted octanol–water partition coefficient (Wildman–Crippen LogP) is 4.65. The first-order valence-corrected chi connectivity index (χ1v) is 12.5. The van der Waals surface area contributed by atoms with Crippen molar-refractivity contribution in [1.82, 2.24) is 25.2 Å². The van der Waals surface area contributed by atoms with Crippen LogP contribution < -0.4 is 10.1 Å². The summed E-state index contributed by atoms with van der Waals surface area (Å²) in [4.78, 5) is 29.2. The molecule has 0 aliphatic carbocycles. The number of carbonyl (C=O) groups is 2. The molecule has 1 atom stereocenters. The number of carbonyl (C=O) groups excluding carboxylic acids is 2. The van der Waals surface area contributed by atoms with Crippen LogP contribution in [0.25, 0.3) is 11.0 Å². The Kier molecular flexibility index (Phi) is 8.05. The molecule has 0 aliphatic rings. The highest BCUT2D eigenvalue weighted by Crippen LogP contribution is 2.30. The topological polar surface area (TPSA) is 89.4 Å². The van der Waals surface area contributed by atoms with E-state index < -0.39 is 29.2 Å². The quantitative estimate of drug-likeness (QED) is 0.331. The normalized spacial score (nSPS) is 12.2. The average Bonchev–Trinajstić information content (AvgIpc) is 3.32. The average molecular weight is 518 g/mol.